The molecular formula is C53H41N. The molecule has 0 N–H and O–H groups in total. The first-order chi connectivity index (χ1) is 26.4. The Hall–Kier alpha value is -6.44. The summed E-state index contributed by atoms with van der Waals surface area (Å²) in [4.78, 5) is 2.48. The van der Waals surface area contributed by atoms with E-state index in [4.69, 9.17) is 0 Å². The minimum Gasteiger partial charge on any atom is -0.310 e. The van der Waals surface area contributed by atoms with Crippen molar-refractivity contribution in [3.8, 4) is 44.5 Å². The molecule has 8 aromatic carbocycles. The first-order valence-electron chi connectivity index (χ1n) is 19.0. The van der Waals surface area contributed by atoms with Crippen LogP contribution < -0.4 is 4.90 Å². The van der Waals surface area contributed by atoms with Crippen LogP contribution in [0.25, 0.3) is 44.5 Å². The first-order valence-corrected chi connectivity index (χ1v) is 19.0. The molecule has 258 valence electrons. The molecule has 10 rings (SSSR count). The molecule has 2 aliphatic carbocycles. The molecule has 0 fully saturated rings. The van der Waals surface area contributed by atoms with E-state index in [-0.39, 0.29) is 10.8 Å². The van der Waals surface area contributed by atoms with E-state index in [2.05, 4.69) is 220 Å². The zero-order chi connectivity index (χ0) is 36.4. The Bertz CT molecular complexity index is 2690. The second-order valence-corrected chi connectivity index (χ2v) is 15.4. The lowest BCUT2D eigenvalue weighted by atomic mass is 9.74. The van der Waals surface area contributed by atoms with Gasteiger partial charge in [0.1, 0.15) is 0 Å². The van der Waals surface area contributed by atoms with Crippen molar-refractivity contribution in [1.82, 2.24) is 0 Å². The van der Waals surface area contributed by atoms with E-state index < -0.39 is 0 Å². The fourth-order valence-electron chi connectivity index (χ4n) is 9.44. The van der Waals surface area contributed by atoms with Gasteiger partial charge in [0.05, 0.1) is 5.69 Å². The molecule has 0 bridgehead atoms. The summed E-state index contributed by atoms with van der Waals surface area (Å²) >= 11 is 0. The van der Waals surface area contributed by atoms with Crippen molar-refractivity contribution >= 4 is 17.1 Å². The van der Waals surface area contributed by atoms with Crippen LogP contribution in [-0.2, 0) is 10.8 Å². The summed E-state index contributed by atoms with van der Waals surface area (Å²) in [6.07, 6.45) is 0. The van der Waals surface area contributed by atoms with Gasteiger partial charge in [-0.15, -0.1) is 0 Å². The smallest absolute Gasteiger partial charge is 0.0540 e. The van der Waals surface area contributed by atoms with Crippen LogP contribution in [0.15, 0.2) is 194 Å². The summed E-state index contributed by atoms with van der Waals surface area (Å²) in [7, 11) is 0. The van der Waals surface area contributed by atoms with E-state index in [0.717, 1.165) is 17.1 Å². The van der Waals surface area contributed by atoms with E-state index in [1.807, 2.05) is 0 Å². The van der Waals surface area contributed by atoms with E-state index in [1.165, 1.54) is 72.3 Å². The largest absolute Gasteiger partial charge is 0.310 e. The van der Waals surface area contributed by atoms with Crippen molar-refractivity contribution in [2.45, 2.75) is 31.6 Å². The predicted octanol–water partition coefficient (Wildman–Crippen LogP) is 14.1. The van der Waals surface area contributed by atoms with Crippen LogP contribution >= 0.6 is 0 Å². The lowest BCUT2D eigenvalue weighted by Gasteiger charge is -2.32. The van der Waals surface area contributed by atoms with Crippen molar-refractivity contribution in [2.24, 2.45) is 0 Å². The molecule has 1 unspecified atom stereocenters. The van der Waals surface area contributed by atoms with Gasteiger partial charge < -0.3 is 4.90 Å². The van der Waals surface area contributed by atoms with Gasteiger partial charge in [-0.2, -0.15) is 0 Å². The molecule has 0 spiro atoms. The average molecular weight is 692 g/mol. The molecular weight excluding hydrogens is 651 g/mol. The van der Waals surface area contributed by atoms with Crippen molar-refractivity contribution < 1.29 is 0 Å². The van der Waals surface area contributed by atoms with Gasteiger partial charge in [0.25, 0.3) is 0 Å². The zero-order valence-corrected chi connectivity index (χ0v) is 30.9. The molecule has 0 aliphatic heterocycles. The Labute approximate surface area is 318 Å². The first kappa shape index (κ1) is 32.2. The van der Waals surface area contributed by atoms with Crippen LogP contribution in [0.3, 0.4) is 0 Å². The van der Waals surface area contributed by atoms with Gasteiger partial charge >= 0.3 is 0 Å². The second kappa shape index (κ2) is 12.3. The zero-order valence-electron chi connectivity index (χ0n) is 30.9. The van der Waals surface area contributed by atoms with Crippen LogP contribution in [0.4, 0.5) is 17.1 Å². The summed E-state index contributed by atoms with van der Waals surface area (Å²) in [5, 5.41) is 0. The van der Waals surface area contributed by atoms with Gasteiger partial charge in [0.2, 0.25) is 0 Å². The SMILES string of the molecule is CC1(C)c2ccccc2-c2c(-c3ccccc3N(c3ccc(-c4ccccc4)cc3)c3ccc4c(c3)C(C)(c3ccccc3)c3ccccc3-4)cccc21. The summed E-state index contributed by atoms with van der Waals surface area (Å²) in [5.74, 6) is 0. The predicted molar refractivity (Wildman–Crippen MR) is 227 cm³/mol. The second-order valence-electron chi connectivity index (χ2n) is 15.4. The van der Waals surface area contributed by atoms with Crippen LogP contribution in [0.2, 0.25) is 0 Å². The Balaban J connectivity index is 1.21. The summed E-state index contributed by atoms with van der Waals surface area (Å²) in [6.45, 7) is 7.12. The highest BCUT2D eigenvalue weighted by Gasteiger charge is 2.41. The maximum absolute atomic E-state index is 2.48. The summed E-state index contributed by atoms with van der Waals surface area (Å²) in [5.41, 5.74) is 19.9. The van der Waals surface area contributed by atoms with E-state index in [0.29, 0.717) is 0 Å². The van der Waals surface area contributed by atoms with Crippen LogP contribution in [0.1, 0.15) is 48.6 Å². The quantitative estimate of drug-likeness (QED) is 0.168. The van der Waals surface area contributed by atoms with Crippen LogP contribution in [0, 0.1) is 0 Å². The number of fused-ring (bicyclic) bond motifs is 6. The van der Waals surface area contributed by atoms with Crippen molar-refractivity contribution in [3.63, 3.8) is 0 Å². The Morgan fingerprint density at radius 2 is 0.889 bits per heavy atom. The van der Waals surface area contributed by atoms with Crippen LogP contribution in [-0.4, -0.2) is 0 Å². The number of hydrogen-bond donors (Lipinski definition) is 0. The minimum atomic E-state index is -0.304. The van der Waals surface area contributed by atoms with Gasteiger partial charge in [0.15, 0.2) is 0 Å². The van der Waals surface area contributed by atoms with Crippen molar-refractivity contribution in [3.05, 3.63) is 222 Å². The van der Waals surface area contributed by atoms with Gasteiger partial charge in [-0.25, -0.2) is 0 Å². The van der Waals surface area contributed by atoms with E-state index >= 15 is 0 Å². The maximum Gasteiger partial charge on any atom is 0.0540 e. The molecule has 2 aliphatic rings. The molecule has 0 saturated carbocycles. The topological polar surface area (TPSA) is 3.24 Å². The fraction of sp³-hybridized carbons (Fsp3) is 0.0943. The number of para-hydroxylation sites is 1. The number of hydrogen-bond acceptors (Lipinski definition) is 1. The van der Waals surface area contributed by atoms with Crippen molar-refractivity contribution in [2.75, 3.05) is 4.90 Å². The molecule has 1 atom stereocenters. The Morgan fingerprint density at radius 1 is 0.352 bits per heavy atom. The third-order valence-corrected chi connectivity index (χ3v) is 12.2. The molecule has 1 heteroatoms. The molecule has 0 heterocycles. The number of rotatable bonds is 6. The molecule has 0 amide bonds. The number of anilines is 3. The minimum absolute atomic E-state index is 0.0826. The Morgan fingerprint density at radius 3 is 1.65 bits per heavy atom. The van der Waals surface area contributed by atoms with Gasteiger partial charge in [0, 0.05) is 27.8 Å². The average Bonchev–Trinajstić information content (AvgIpc) is 3.63. The monoisotopic (exact) mass is 691 g/mol. The third kappa shape index (κ3) is 4.78. The molecule has 1 nitrogen and oxygen atoms in total. The maximum atomic E-state index is 2.48. The molecule has 0 saturated heterocycles. The highest BCUT2D eigenvalue weighted by atomic mass is 15.1. The number of benzene rings is 8. The van der Waals surface area contributed by atoms with Gasteiger partial charge in [-0.1, -0.05) is 178 Å². The van der Waals surface area contributed by atoms with Gasteiger partial charge in [-0.3, -0.25) is 0 Å². The van der Waals surface area contributed by atoms with E-state index in [1.54, 1.807) is 0 Å². The normalized spacial score (nSPS) is 15.9. The highest BCUT2D eigenvalue weighted by molar-refractivity contribution is 5.98. The third-order valence-electron chi connectivity index (χ3n) is 12.2. The molecule has 0 aromatic heterocycles. The van der Waals surface area contributed by atoms with Gasteiger partial charge in [-0.05, 0) is 104 Å². The highest BCUT2D eigenvalue weighted by Crippen LogP contribution is 2.56. The van der Waals surface area contributed by atoms with Crippen molar-refractivity contribution in [1.29, 1.82) is 0 Å². The Kier molecular flexibility index (Phi) is 7.35. The fourth-order valence-corrected chi connectivity index (χ4v) is 9.44. The molecule has 0 radical (unpaired) electrons. The molecule has 8 aromatic rings. The summed E-state index contributed by atoms with van der Waals surface area (Å²) in [6, 6.07) is 71.6. The standard InChI is InChI=1S/C53H41N/c1-52(2)46-25-13-11-23-45(46)51-44(24-16-27-48(51)52)43-22-12-15-28-50(43)54(39-31-29-37(30-32-39)36-17-6-4-7-18-36)40-33-34-42-41-21-10-14-26-47(41)53(3,49(42)35-40)38-19-8-5-9-20-38/h4-35H,1-3H3. The summed E-state index contributed by atoms with van der Waals surface area (Å²) < 4.78 is 0. The molecule has 54 heavy (non-hydrogen) atoms. The number of nitrogens with zero attached hydrogens (tertiary/aromatic N) is 1. The van der Waals surface area contributed by atoms with Crippen LogP contribution in [0.5, 0.6) is 0 Å². The van der Waals surface area contributed by atoms with E-state index in [9.17, 15) is 0 Å². The lowest BCUT2D eigenvalue weighted by molar-refractivity contribution is 0.660. The lowest BCUT2D eigenvalue weighted by Crippen LogP contribution is -2.22.